The van der Waals surface area contributed by atoms with Gasteiger partial charge in [0.2, 0.25) is 5.91 Å². The van der Waals surface area contributed by atoms with E-state index < -0.39 is 5.60 Å². The lowest BCUT2D eigenvalue weighted by Crippen LogP contribution is -2.36. The molecule has 2 atom stereocenters. The van der Waals surface area contributed by atoms with E-state index in [1.165, 1.54) is 19.2 Å². The van der Waals surface area contributed by atoms with Crippen LogP contribution in [0.25, 0.3) is 52.3 Å². The van der Waals surface area contributed by atoms with Crippen LogP contribution in [0.5, 0.6) is 0 Å². The summed E-state index contributed by atoms with van der Waals surface area (Å²) < 4.78 is 8.17. The average molecular weight is 653 g/mol. The van der Waals surface area contributed by atoms with Gasteiger partial charge in [0.1, 0.15) is 17.2 Å². The Bertz CT molecular complexity index is 2100. The molecule has 2 N–H and O–H groups in total. The van der Waals surface area contributed by atoms with Crippen LogP contribution in [0.4, 0.5) is 4.79 Å². The van der Waals surface area contributed by atoms with E-state index in [0.29, 0.717) is 6.54 Å². The zero-order valence-electron chi connectivity index (χ0n) is 26.3. The molecule has 6 heterocycles. The molecule has 2 fully saturated rings. The van der Waals surface area contributed by atoms with Gasteiger partial charge >= 0.3 is 6.09 Å². The van der Waals surface area contributed by atoms with Crippen molar-refractivity contribution in [1.29, 1.82) is 0 Å². The first kappa shape index (κ1) is 29.2. The summed E-state index contributed by atoms with van der Waals surface area (Å²) in [5.74, 6) is 1.79. The number of nitrogens with zero attached hydrogens (tertiary/aromatic N) is 4. The molecule has 0 radical (unpaired) electrons. The van der Waals surface area contributed by atoms with E-state index in [0.717, 1.165) is 77.1 Å². The van der Waals surface area contributed by atoms with Crippen LogP contribution in [0, 0.1) is 0 Å². The molecule has 2 aliphatic heterocycles. The summed E-state index contributed by atoms with van der Waals surface area (Å²) in [6, 6.07) is 17.2. The van der Waals surface area contributed by atoms with Gasteiger partial charge in [-0.15, -0.1) is 22.7 Å². The Hall–Kier alpha value is -4.22. The summed E-state index contributed by atoms with van der Waals surface area (Å²) in [4.78, 5) is 47.9. The minimum absolute atomic E-state index is 0.0285. The van der Waals surface area contributed by atoms with Gasteiger partial charge in [-0.25, -0.2) is 14.8 Å². The minimum atomic E-state index is -0.533. The summed E-state index contributed by atoms with van der Waals surface area (Å²) in [5, 5.41) is 0. The molecule has 2 amide bonds. The molecule has 236 valence electrons. The van der Waals surface area contributed by atoms with Crippen LogP contribution in [0.15, 0.2) is 48.5 Å². The van der Waals surface area contributed by atoms with Gasteiger partial charge in [-0.05, 0) is 94.0 Å². The van der Waals surface area contributed by atoms with Gasteiger partial charge in [-0.2, -0.15) is 0 Å². The van der Waals surface area contributed by atoms with E-state index in [1.807, 2.05) is 25.7 Å². The number of likely N-dealkylation sites (tertiary alicyclic amines) is 2. The molecule has 11 heteroatoms. The number of carbonyl (C=O) groups is 2. The van der Waals surface area contributed by atoms with Crippen LogP contribution in [-0.4, -0.2) is 60.4 Å². The Labute approximate surface area is 274 Å². The number of amides is 2. The highest BCUT2D eigenvalue weighted by Crippen LogP contribution is 2.43. The Morgan fingerprint density at radius 1 is 0.783 bits per heavy atom. The molecule has 2 aromatic carbocycles. The largest absolute Gasteiger partial charge is 0.444 e. The number of fused-ring (bicyclic) bond motifs is 3. The number of hydrogen-bond acceptors (Lipinski definition) is 7. The third kappa shape index (κ3) is 5.25. The molecule has 0 aliphatic carbocycles. The number of benzene rings is 2. The average Bonchev–Trinajstić information content (AvgIpc) is 3.83. The van der Waals surface area contributed by atoms with Crippen LogP contribution in [0.3, 0.4) is 0 Å². The van der Waals surface area contributed by atoms with Crippen LogP contribution in [-0.2, 0) is 9.53 Å². The Morgan fingerprint density at radius 3 is 1.78 bits per heavy atom. The van der Waals surface area contributed by atoms with E-state index in [2.05, 4.69) is 58.5 Å². The van der Waals surface area contributed by atoms with Gasteiger partial charge in [-0.1, -0.05) is 12.1 Å². The molecule has 0 spiro atoms. The lowest BCUT2D eigenvalue weighted by Gasteiger charge is -2.27. The van der Waals surface area contributed by atoms with Crippen molar-refractivity contribution in [2.45, 2.75) is 71.1 Å². The molecular weight excluding hydrogens is 617 g/mol. The molecule has 2 unspecified atom stereocenters. The highest BCUT2D eigenvalue weighted by molar-refractivity contribution is 7.31. The fourth-order valence-electron chi connectivity index (χ4n) is 6.81. The predicted octanol–water partition coefficient (Wildman–Crippen LogP) is 8.80. The van der Waals surface area contributed by atoms with E-state index >= 15 is 0 Å². The molecule has 0 bridgehead atoms. The molecule has 0 saturated carbocycles. The number of imidazole rings is 2. The number of ether oxygens (including phenoxy) is 1. The number of nitrogens with one attached hydrogen (secondary N) is 2. The van der Waals surface area contributed by atoms with Gasteiger partial charge < -0.3 is 19.6 Å². The maximum absolute atomic E-state index is 12.9. The van der Waals surface area contributed by atoms with Crippen molar-refractivity contribution in [2.75, 3.05) is 13.1 Å². The predicted molar refractivity (Wildman–Crippen MR) is 184 cm³/mol. The van der Waals surface area contributed by atoms with Crippen molar-refractivity contribution < 1.29 is 14.3 Å². The fourth-order valence-corrected chi connectivity index (χ4v) is 9.20. The van der Waals surface area contributed by atoms with Crippen LogP contribution in [0.1, 0.15) is 77.1 Å². The number of thiophene rings is 2. The van der Waals surface area contributed by atoms with Gasteiger partial charge in [0.25, 0.3) is 0 Å². The highest BCUT2D eigenvalue weighted by Gasteiger charge is 2.35. The number of H-pyrrole nitrogens is 2. The van der Waals surface area contributed by atoms with Crippen molar-refractivity contribution in [2.24, 2.45) is 0 Å². The van der Waals surface area contributed by atoms with Crippen molar-refractivity contribution in [3.63, 3.8) is 0 Å². The first-order valence-corrected chi connectivity index (χ1v) is 17.5. The number of aromatic nitrogens is 4. The van der Waals surface area contributed by atoms with Crippen molar-refractivity contribution in [1.82, 2.24) is 29.7 Å². The lowest BCUT2D eigenvalue weighted by atomic mass is 10.1. The second-order valence-corrected chi connectivity index (χ2v) is 15.5. The van der Waals surface area contributed by atoms with E-state index in [4.69, 9.17) is 14.7 Å². The van der Waals surface area contributed by atoms with Crippen molar-refractivity contribution in [3.8, 4) is 20.9 Å². The maximum Gasteiger partial charge on any atom is 0.410 e. The molecule has 6 aromatic rings. The van der Waals surface area contributed by atoms with Crippen LogP contribution >= 0.6 is 22.7 Å². The van der Waals surface area contributed by atoms with Crippen molar-refractivity contribution in [3.05, 3.63) is 60.2 Å². The third-order valence-corrected chi connectivity index (χ3v) is 11.3. The van der Waals surface area contributed by atoms with E-state index in [9.17, 15) is 9.59 Å². The first-order valence-electron chi connectivity index (χ1n) is 15.9. The third-order valence-electron chi connectivity index (χ3n) is 8.95. The highest BCUT2D eigenvalue weighted by atomic mass is 32.1. The summed E-state index contributed by atoms with van der Waals surface area (Å²) in [7, 11) is 0. The smallest absolute Gasteiger partial charge is 0.410 e. The van der Waals surface area contributed by atoms with E-state index in [1.54, 1.807) is 34.5 Å². The monoisotopic (exact) mass is 652 g/mol. The molecular formula is C35H36N6O3S2. The second-order valence-electron chi connectivity index (χ2n) is 13.4. The summed E-state index contributed by atoms with van der Waals surface area (Å²) in [6.07, 6.45) is 3.46. The zero-order chi connectivity index (χ0) is 31.7. The van der Waals surface area contributed by atoms with Gasteiger partial charge in [0.15, 0.2) is 0 Å². The quantitative estimate of drug-likeness (QED) is 0.198. The molecule has 9 nitrogen and oxygen atoms in total. The summed E-state index contributed by atoms with van der Waals surface area (Å²) >= 11 is 3.58. The molecule has 2 saturated heterocycles. The minimum Gasteiger partial charge on any atom is -0.444 e. The van der Waals surface area contributed by atoms with Gasteiger partial charge in [0, 0.05) is 39.2 Å². The van der Waals surface area contributed by atoms with Gasteiger partial charge in [0.05, 0.1) is 34.2 Å². The Morgan fingerprint density at radius 2 is 1.28 bits per heavy atom. The number of carbonyl (C=O) groups excluding carboxylic acids is 2. The number of aromatic amines is 2. The van der Waals surface area contributed by atoms with Gasteiger partial charge in [-0.3, -0.25) is 9.69 Å². The fraction of sp³-hybridized carbons (Fsp3) is 0.371. The molecule has 8 rings (SSSR count). The SMILES string of the molecule is CC(=O)N1CCCC1c1nc2cc(-c3cc4sc(-c5ccc6[nH]c(C7CCCN7C(=O)OC(C)(C)C)nc6c5)cc4s3)ccc2[nH]1. The Kier molecular flexibility index (Phi) is 6.95. The standard InChI is InChI=1S/C35H36N6O3S2/c1-19(42)40-13-5-7-26(40)32-36-22-11-9-20(15-24(22)38-32)28-17-30-31(45-28)18-29(46-30)21-10-12-23-25(16-21)39-33(37-23)27-8-6-14-41(27)34(43)44-35(2,3)4/h9-12,15-18,26-27H,5-8,13-14H2,1-4H3,(H,36,38)(H,37,39). The normalized spacial score (nSPS) is 18.9. The van der Waals surface area contributed by atoms with Crippen molar-refractivity contribution >= 4 is 66.1 Å². The first-order chi connectivity index (χ1) is 22.1. The topological polar surface area (TPSA) is 107 Å². The maximum atomic E-state index is 12.9. The second kappa shape index (κ2) is 10.9. The molecule has 46 heavy (non-hydrogen) atoms. The zero-order valence-corrected chi connectivity index (χ0v) is 28.0. The number of rotatable bonds is 4. The lowest BCUT2D eigenvalue weighted by molar-refractivity contribution is -0.129. The number of hydrogen-bond donors (Lipinski definition) is 2. The van der Waals surface area contributed by atoms with E-state index in [-0.39, 0.29) is 24.1 Å². The Balaban J connectivity index is 1.03. The summed E-state index contributed by atoms with van der Waals surface area (Å²) in [5.41, 5.74) is 5.54. The summed E-state index contributed by atoms with van der Waals surface area (Å²) in [6.45, 7) is 8.79. The van der Waals surface area contributed by atoms with Crippen LogP contribution < -0.4 is 0 Å². The molecule has 2 aliphatic rings. The van der Waals surface area contributed by atoms with Crippen LogP contribution in [0.2, 0.25) is 0 Å². The molecule has 4 aromatic heterocycles.